The van der Waals surface area contributed by atoms with E-state index in [4.69, 9.17) is 0 Å². The van der Waals surface area contributed by atoms with Crippen LogP contribution in [0.5, 0.6) is 0 Å². The first-order valence-corrected chi connectivity index (χ1v) is 10.9. The Hall–Kier alpha value is -2.74. The van der Waals surface area contributed by atoms with E-state index >= 15 is 0 Å². The molecule has 2 atom stereocenters. The van der Waals surface area contributed by atoms with Crippen LogP contribution in [0.3, 0.4) is 0 Å². The highest BCUT2D eigenvalue weighted by Gasteiger charge is 2.37. The number of hydrogen-bond acceptors (Lipinski definition) is 5. The van der Waals surface area contributed by atoms with E-state index in [9.17, 15) is 14.4 Å². The van der Waals surface area contributed by atoms with Gasteiger partial charge in [-0.05, 0) is 44.3 Å². The summed E-state index contributed by atoms with van der Waals surface area (Å²) in [6, 6.07) is 4.07. The van der Waals surface area contributed by atoms with Crippen LogP contribution in [0.1, 0.15) is 53.3 Å². The molecule has 2 saturated heterocycles. The van der Waals surface area contributed by atoms with Gasteiger partial charge in [-0.1, -0.05) is 12.5 Å². The number of nitrogens with zero attached hydrogens (tertiary/aromatic N) is 4. The monoisotopic (exact) mass is 409 g/mol. The van der Waals surface area contributed by atoms with Crippen molar-refractivity contribution in [2.24, 2.45) is 5.92 Å². The smallest absolute Gasteiger partial charge is 0.272 e. The molecule has 1 N–H and O–H groups in total. The van der Waals surface area contributed by atoms with Gasteiger partial charge in [0, 0.05) is 43.4 Å². The average Bonchev–Trinajstić information content (AvgIpc) is 2.76. The number of likely N-dealkylation sites (tertiary alicyclic amines) is 2. The lowest BCUT2D eigenvalue weighted by Crippen LogP contribution is -2.50. The predicted octanol–water partition coefficient (Wildman–Crippen LogP) is 1.18. The van der Waals surface area contributed by atoms with E-state index in [0.29, 0.717) is 19.6 Å². The number of rotatable bonds is 3. The topological polar surface area (TPSA) is 91.3 Å². The van der Waals surface area contributed by atoms with Gasteiger partial charge >= 0.3 is 0 Å². The normalized spacial score (nSPS) is 23.8. The van der Waals surface area contributed by atoms with E-state index in [1.54, 1.807) is 4.90 Å². The number of H-pyrrole nitrogens is 1. The quantitative estimate of drug-likeness (QED) is 0.822. The number of nitrogens with one attached hydrogen (secondary N) is 1. The summed E-state index contributed by atoms with van der Waals surface area (Å²) < 4.78 is 1.95. The molecule has 2 aromatic heterocycles. The molecule has 2 fully saturated rings. The number of aromatic amines is 1. The molecule has 30 heavy (non-hydrogen) atoms. The minimum atomic E-state index is -0.379. The maximum Gasteiger partial charge on any atom is 0.272 e. The molecule has 2 aromatic rings. The van der Waals surface area contributed by atoms with Gasteiger partial charge in [0.2, 0.25) is 0 Å². The number of hydrogen-bond donors (Lipinski definition) is 1. The first-order valence-electron chi connectivity index (χ1n) is 10.9. The van der Waals surface area contributed by atoms with Crippen LogP contribution in [0.2, 0.25) is 0 Å². The standard InChI is InChI=1S/C22H27N5O3/c28-20-10-23-9-18(24-20)22(30)26-11-15-8-17(14-26)19-5-4-16(21(29)27(19)12-15)13-25-6-2-1-3-7-25/h4-5,9-10,15,17H,1-3,6-8,11-14H2,(H,24,28)/t15-,17+/m0/s1. The summed E-state index contributed by atoms with van der Waals surface area (Å²) >= 11 is 0. The molecule has 0 spiro atoms. The number of carbonyl (C=O) groups excluding carboxylic acids is 1. The van der Waals surface area contributed by atoms with Crippen LogP contribution in [0.4, 0.5) is 0 Å². The first kappa shape index (κ1) is 19.2. The Balaban J connectivity index is 1.37. The molecule has 1 amide bonds. The molecule has 0 saturated carbocycles. The third-order valence-electron chi connectivity index (χ3n) is 6.70. The zero-order valence-corrected chi connectivity index (χ0v) is 17.0. The Kier molecular flexibility index (Phi) is 5.02. The molecule has 3 aliphatic rings. The summed E-state index contributed by atoms with van der Waals surface area (Å²) in [5.41, 5.74) is 1.87. The lowest BCUT2D eigenvalue weighted by atomic mass is 9.83. The van der Waals surface area contributed by atoms with E-state index in [1.807, 2.05) is 10.6 Å². The SMILES string of the molecule is O=C(c1cncc(=O)[nH]1)N1C[C@@H]2C[C@H](C1)c1ccc(CN3CCCCC3)c(=O)n1C2. The molecular formula is C22H27N5O3. The predicted molar refractivity (Wildman–Crippen MR) is 111 cm³/mol. The van der Waals surface area contributed by atoms with Crippen LogP contribution in [0.25, 0.3) is 0 Å². The van der Waals surface area contributed by atoms with Gasteiger partial charge in [0.05, 0.1) is 12.4 Å². The third-order valence-corrected chi connectivity index (χ3v) is 6.70. The van der Waals surface area contributed by atoms with Crippen LogP contribution in [-0.4, -0.2) is 56.4 Å². The Morgan fingerprint density at radius 3 is 2.70 bits per heavy atom. The van der Waals surface area contributed by atoms with Crippen LogP contribution >= 0.6 is 0 Å². The summed E-state index contributed by atoms with van der Waals surface area (Å²) in [6.07, 6.45) is 7.25. The van der Waals surface area contributed by atoms with Crippen LogP contribution in [0.15, 0.2) is 34.1 Å². The average molecular weight is 409 g/mol. The second-order valence-electron chi connectivity index (χ2n) is 8.85. The maximum atomic E-state index is 13.2. The fraction of sp³-hybridized carbons (Fsp3) is 0.545. The molecule has 8 nitrogen and oxygen atoms in total. The lowest BCUT2D eigenvalue weighted by molar-refractivity contribution is 0.0587. The summed E-state index contributed by atoms with van der Waals surface area (Å²) in [4.78, 5) is 48.2. The van der Waals surface area contributed by atoms with Crippen molar-refractivity contribution >= 4 is 5.91 Å². The van der Waals surface area contributed by atoms with Gasteiger partial charge in [-0.2, -0.15) is 0 Å². The first-order chi connectivity index (χ1) is 14.6. The van der Waals surface area contributed by atoms with Gasteiger partial charge in [0.15, 0.2) is 0 Å². The van der Waals surface area contributed by atoms with E-state index < -0.39 is 0 Å². The van der Waals surface area contributed by atoms with Gasteiger partial charge < -0.3 is 14.5 Å². The molecule has 8 heteroatoms. The fourth-order valence-corrected chi connectivity index (χ4v) is 5.29. The van der Waals surface area contributed by atoms with Crippen molar-refractivity contribution in [1.29, 1.82) is 0 Å². The van der Waals surface area contributed by atoms with Crippen molar-refractivity contribution in [1.82, 2.24) is 24.3 Å². The molecule has 5 rings (SSSR count). The number of carbonyl (C=O) groups is 1. The summed E-state index contributed by atoms with van der Waals surface area (Å²) in [5, 5.41) is 0. The number of amides is 1. The van der Waals surface area contributed by atoms with E-state index in [0.717, 1.165) is 43.5 Å². The molecule has 3 aliphatic heterocycles. The lowest BCUT2D eigenvalue weighted by Gasteiger charge is -2.43. The Labute approximate surface area is 174 Å². The van der Waals surface area contributed by atoms with Gasteiger partial charge in [-0.15, -0.1) is 0 Å². The second kappa shape index (κ2) is 7.83. The van der Waals surface area contributed by atoms with Gasteiger partial charge in [-0.3, -0.25) is 24.3 Å². The minimum Gasteiger partial charge on any atom is -0.336 e. The van der Waals surface area contributed by atoms with E-state index in [2.05, 4.69) is 20.9 Å². The Morgan fingerprint density at radius 2 is 1.90 bits per heavy atom. The largest absolute Gasteiger partial charge is 0.336 e. The van der Waals surface area contributed by atoms with Crippen molar-refractivity contribution < 1.29 is 4.79 Å². The molecular weight excluding hydrogens is 382 g/mol. The van der Waals surface area contributed by atoms with Crippen molar-refractivity contribution in [3.63, 3.8) is 0 Å². The van der Waals surface area contributed by atoms with Crippen molar-refractivity contribution in [2.75, 3.05) is 26.2 Å². The van der Waals surface area contributed by atoms with Gasteiger partial charge in [-0.25, -0.2) is 0 Å². The van der Waals surface area contributed by atoms with Crippen LogP contribution in [-0.2, 0) is 13.1 Å². The highest BCUT2D eigenvalue weighted by molar-refractivity contribution is 5.92. The Bertz CT molecular complexity index is 1070. The second-order valence-corrected chi connectivity index (χ2v) is 8.85. The number of pyridine rings is 1. The van der Waals surface area contributed by atoms with Crippen LogP contribution < -0.4 is 11.1 Å². The maximum absolute atomic E-state index is 13.2. The molecule has 0 radical (unpaired) electrons. The molecule has 0 aliphatic carbocycles. The molecule has 0 aromatic carbocycles. The fourth-order valence-electron chi connectivity index (χ4n) is 5.29. The summed E-state index contributed by atoms with van der Waals surface area (Å²) in [7, 11) is 0. The van der Waals surface area contributed by atoms with E-state index in [1.165, 1.54) is 25.5 Å². The molecule has 2 bridgehead atoms. The van der Waals surface area contributed by atoms with E-state index in [-0.39, 0.29) is 34.6 Å². The van der Waals surface area contributed by atoms with Gasteiger partial charge in [0.25, 0.3) is 17.0 Å². The number of aromatic nitrogens is 3. The number of piperidine rings is 2. The van der Waals surface area contributed by atoms with Gasteiger partial charge in [0.1, 0.15) is 5.69 Å². The highest BCUT2D eigenvalue weighted by Crippen LogP contribution is 2.35. The molecule has 0 unspecified atom stereocenters. The minimum absolute atomic E-state index is 0.129. The van der Waals surface area contributed by atoms with Crippen molar-refractivity contribution in [3.8, 4) is 0 Å². The number of fused-ring (bicyclic) bond motifs is 4. The summed E-state index contributed by atoms with van der Waals surface area (Å²) in [5.74, 6) is 0.181. The van der Waals surface area contributed by atoms with Crippen molar-refractivity contribution in [3.05, 3.63) is 62.2 Å². The highest BCUT2D eigenvalue weighted by atomic mass is 16.2. The Morgan fingerprint density at radius 1 is 1.07 bits per heavy atom. The van der Waals surface area contributed by atoms with Crippen LogP contribution in [0, 0.1) is 5.92 Å². The van der Waals surface area contributed by atoms with Crippen molar-refractivity contribution in [2.45, 2.75) is 44.7 Å². The third kappa shape index (κ3) is 3.60. The molecule has 158 valence electrons. The zero-order valence-electron chi connectivity index (χ0n) is 17.0. The molecule has 5 heterocycles. The summed E-state index contributed by atoms with van der Waals surface area (Å²) in [6.45, 7) is 4.66. The zero-order chi connectivity index (χ0) is 20.7.